The minimum Gasteiger partial charge on any atom is -0.490 e. The molecular formula is C18H26BrF2NO. The van der Waals surface area contributed by atoms with Gasteiger partial charge in [-0.3, -0.25) is 0 Å². The van der Waals surface area contributed by atoms with E-state index in [4.69, 9.17) is 4.74 Å². The molecule has 0 spiro atoms. The molecule has 2 rings (SSSR count). The molecule has 1 fully saturated rings. The van der Waals surface area contributed by atoms with E-state index in [1.54, 1.807) is 18.2 Å². The van der Waals surface area contributed by atoms with Crippen LogP contribution in [0.1, 0.15) is 39.5 Å². The molecule has 5 heteroatoms. The first-order valence-corrected chi connectivity index (χ1v) is 9.25. The second-order valence-electron chi connectivity index (χ2n) is 6.44. The third-order valence-electron chi connectivity index (χ3n) is 4.87. The van der Waals surface area contributed by atoms with Crippen LogP contribution in [0.2, 0.25) is 0 Å². The molecule has 1 saturated heterocycles. The molecule has 0 aromatic heterocycles. The smallest absolute Gasteiger partial charge is 0.179 e. The first-order valence-electron chi connectivity index (χ1n) is 8.45. The SMILES string of the molecule is CCC(F)(CC)CN1CCC(COc2cccc(Br)c2F)CC1. The number of piperidine rings is 1. The summed E-state index contributed by atoms with van der Waals surface area (Å²) in [5.74, 6) is 0.349. The molecule has 1 heterocycles. The molecule has 0 amide bonds. The molecule has 1 aliphatic heterocycles. The summed E-state index contributed by atoms with van der Waals surface area (Å²) in [4.78, 5) is 2.21. The van der Waals surface area contributed by atoms with Crippen LogP contribution in [-0.2, 0) is 0 Å². The van der Waals surface area contributed by atoms with Gasteiger partial charge in [0.2, 0.25) is 0 Å². The summed E-state index contributed by atoms with van der Waals surface area (Å²) in [5.41, 5.74) is -1.07. The van der Waals surface area contributed by atoms with Gasteiger partial charge in [0.1, 0.15) is 5.67 Å². The first kappa shape index (κ1) is 18.7. The van der Waals surface area contributed by atoms with Crippen molar-refractivity contribution in [3.8, 4) is 5.75 Å². The van der Waals surface area contributed by atoms with Crippen molar-refractivity contribution in [2.75, 3.05) is 26.2 Å². The number of hydrogen-bond acceptors (Lipinski definition) is 2. The Bertz CT molecular complexity index is 500. The summed E-state index contributed by atoms with van der Waals surface area (Å²) in [6, 6.07) is 5.07. The fourth-order valence-electron chi connectivity index (χ4n) is 2.99. The fourth-order valence-corrected chi connectivity index (χ4v) is 3.34. The van der Waals surface area contributed by atoms with Gasteiger partial charge in [-0.25, -0.2) is 8.78 Å². The lowest BCUT2D eigenvalue weighted by molar-refractivity contribution is 0.0565. The Morgan fingerprint density at radius 1 is 1.26 bits per heavy atom. The van der Waals surface area contributed by atoms with Crippen LogP contribution in [0.3, 0.4) is 0 Å². The van der Waals surface area contributed by atoms with Gasteiger partial charge in [-0.05, 0) is 72.8 Å². The van der Waals surface area contributed by atoms with E-state index in [1.807, 2.05) is 13.8 Å². The molecule has 0 unspecified atom stereocenters. The number of benzene rings is 1. The van der Waals surface area contributed by atoms with Gasteiger partial charge >= 0.3 is 0 Å². The zero-order valence-electron chi connectivity index (χ0n) is 14.0. The second-order valence-corrected chi connectivity index (χ2v) is 7.29. The van der Waals surface area contributed by atoms with Gasteiger partial charge in [0.15, 0.2) is 11.6 Å². The van der Waals surface area contributed by atoms with Crippen molar-refractivity contribution >= 4 is 15.9 Å². The van der Waals surface area contributed by atoms with Gasteiger partial charge in [0, 0.05) is 6.54 Å². The largest absolute Gasteiger partial charge is 0.490 e. The van der Waals surface area contributed by atoms with Crippen molar-refractivity contribution in [1.82, 2.24) is 4.90 Å². The molecule has 0 saturated carbocycles. The molecule has 23 heavy (non-hydrogen) atoms. The van der Waals surface area contributed by atoms with Gasteiger partial charge in [-0.15, -0.1) is 0 Å². The molecule has 0 N–H and O–H groups in total. The zero-order chi connectivity index (χ0) is 16.9. The monoisotopic (exact) mass is 389 g/mol. The lowest BCUT2D eigenvalue weighted by atomic mass is 9.94. The Kier molecular flexibility index (Phi) is 6.84. The van der Waals surface area contributed by atoms with Gasteiger partial charge in [-0.1, -0.05) is 19.9 Å². The average molecular weight is 390 g/mol. The highest BCUT2D eigenvalue weighted by Crippen LogP contribution is 2.28. The highest BCUT2D eigenvalue weighted by atomic mass is 79.9. The quantitative estimate of drug-likeness (QED) is 0.634. The zero-order valence-corrected chi connectivity index (χ0v) is 15.5. The predicted octanol–water partition coefficient (Wildman–Crippen LogP) is 5.21. The van der Waals surface area contributed by atoms with Crippen LogP contribution in [0.15, 0.2) is 22.7 Å². The van der Waals surface area contributed by atoms with Crippen LogP contribution in [0.5, 0.6) is 5.75 Å². The number of alkyl halides is 1. The van der Waals surface area contributed by atoms with Crippen LogP contribution in [0.4, 0.5) is 8.78 Å². The number of ether oxygens (including phenoxy) is 1. The summed E-state index contributed by atoms with van der Waals surface area (Å²) >= 11 is 3.16. The van der Waals surface area contributed by atoms with Crippen molar-refractivity contribution in [3.05, 3.63) is 28.5 Å². The Balaban J connectivity index is 1.78. The van der Waals surface area contributed by atoms with Crippen LogP contribution in [0, 0.1) is 11.7 Å². The summed E-state index contributed by atoms with van der Waals surface area (Å²) in [5, 5.41) is 0. The molecule has 0 atom stereocenters. The molecule has 2 nitrogen and oxygen atoms in total. The van der Waals surface area contributed by atoms with E-state index in [2.05, 4.69) is 20.8 Å². The first-order chi connectivity index (χ1) is 11.0. The van der Waals surface area contributed by atoms with Crippen molar-refractivity contribution < 1.29 is 13.5 Å². The summed E-state index contributed by atoms with van der Waals surface area (Å²) in [6.45, 7) is 6.64. The number of likely N-dealkylation sites (tertiary alicyclic amines) is 1. The summed E-state index contributed by atoms with van der Waals surface area (Å²) < 4.78 is 34.4. The lowest BCUT2D eigenvalue weighted by Gasteiger charge is -2.36. The van der Waals surface area contributed by atoms with Crippen molar-refractivity contribution in [1.29, 1.82) is 0 Å². The standard InChI is InChI=1S/C18H26BrF2NO/c1-3-18(21,4-2)13-22-10-8-14(9-11-22)12-23-16-7-5-6-15(19)17(16)20/h5-7,14H,3-4,8-13H2,1-2H3. The third-order valence-corrected chi connectivity index (χ3v) is 5.48. The molecular weight excluding hydrogens is 364 g/mol. The molecule has 0 radical (unpaired) electrons. The Hall–Kier alpha value is -0.680. The topological polar surface area (TPSA) is 12.5 Å². The van der Waals surface area contributed by atoms with Crippen molar-refractivity contribution in [2.45, 2.75) is 45.2 Å². The van der Waals surface area contributed by atoms with E-state index in [1.165, 1.54) is 0 Å². The molecule has 0 aliphatic carbocycles. The Morgan fingerprint density at radius 3 is 2.52 bits per heavy atom. The lowest BCUT2D eigenvalue weighted by Crippen LogP contribution is -2.44. The average Bonchev–Trinajstić information content (AvgIpc) is 2.57. The maximum absolute atomic E-state index is 14.5. The summed E-state index contributed by atoms with van der Waals surface area (Å²) in [6.07, 6.45) is 3.07. The molecule has 1 aromatic carbocycles. The van der Waals surface area contributed by atoms with Gasteiger partial charge in [0.25, 0.3) is 0 Å². The Morgan fingerprint density at radius 2 is 1.91 bits per heavy atom. The Labute approximate surface area is 146 Å². The van der Waals surface area contributed by atoms with Crippen LogP contribution in [0.25, 0.3) is 0 Å². The van der Waals surface area contributed by atoms with Gasteiger partial charge in [-0.2, -0.15) is 0 Å². The normalized spacial score (nSPS) is 17.4. The maximum atomic E-state index is 14.5. The van der Waals surface area contributed by atoms with E-state index < -0.39 is 5.67 Å². The molecule has 1 aromatic rings. The number of rotatable bonds is 7. The summed E-state index contributed by atoms with van der Waals surface area (Å²) in [7, 11) is 0. The minimum absolute atomic E-state index is 0.293. The van der Waals surface area contributed by atoms with E-state index in [0.29, 0.717) is 42.1 Å². The molecule has 0 bridgehead atoms. The molecule has 130 valence electrons. The fraction of sp³-hybridized carbons (Fsp3) is 0.667. The number of hydrogen-bond donors (Lipinski definition) is 0. The van der Waals surface area contributed by atoms with Gasteiger partial charge < -0.3 is 9.64 Å². The van der Waals surface area contributed by atoms with Crippen LogP contribution >= 0.6 is 15.9 Å². The number of halogens is 3. The predicted molar refractivity (Wildman–Crippen MR) is 93.2 cm³/mol. The van der Waals surface area contributed by atoms with Crippen LogP contribution in [-0.4, -0.2) is 36.8 Å². The van der Waals surface area contributed by atoms with E-state index >= 15 is 0 Å². The van der Waals surface area contributed by atoms with E-state index in [9.17, 15) is 8.78 Å². The minimum atomic E-state index is -1.07. The maximum Gasteiger partial charge on any atom is 0.179 e. The van der Waals surface area contributed by atoms with E-state index in [0.717, 1.165) is 25.9 Å². The van der Waals surface area contributed by atoms with Crippen molar-refractivity contribution in [2.24, 2.45) is 5.92 Å². The second kappa shape index (κ2) is 8.43. The van der Waals surface area contributed by atoms with E-state index in [-0.39, 0.29) is 5.82 Å². The molecule has 1 aliphatic rings. The highest BCUT2D eigenvalue weighted by Gasteiger charge is 2.30. The number of nitrogens with zero attached hydrogens (tertiary/aromatic N) is 1. The van der Waals surface area contributed by atoms with Crippen molar-refractivity contribution in [3.63, 3.8) is 0 Å². The van der Waals surface area contributed by atoms with Crippen LogP contribution < -0.4 is 4.74 Å². The third kappa shape index (κ3) is 5.15. The van der Waals surface area contributed by atoms with Gasteiger partial charge in [0.05, 0.1) is 11.1 Å². The highest BCUT2D eigenvalue weighted by molar-refractivity contribution is 9.10.